The summed E-state index contributed by atoms with van der Waals surface area (Å²) in [5.74, 6) is -0.494. The number of hydrogen-bond acceptors (Lipinski definition) is 8. The first-order valence-corrected chi connectivity index (χ1v) is 15.1. The molecular weight excluding hydrogens is 598 g/mol. The summed E-state index contributed by atoms with van der Waals surface area (Å²) in [6.45, 7) is 1.41. The van der Waals surface area contributed by atoms with Crippen LogP contribution in [0, 0.1) is 0 Å². The molecule has 0 fully saturated rings. The lowest BCUT2D eigenvalue weighted by molar-refractivity contribution is -0.126. The van der Waals surface area contributed by atoms with Gasteiger partial charge in [0.05, 0.1) is 39.7 Å². The summed E-state index contributed by atoms with van der Waals surface area (Å²) in [4.78, 5) is 31.3. The molecule has 230 valence electrons. The highest BCUT2D eigenvalue weighted by atomic mass is 35.5. The van der Waals surface area contributed by atoms with Gasteiger partial charge < -0.3 is 24.2 Å². The number of amides is 3. The van der Waals surface area contributed by atoms with Crippen LogP contribution in [0.25, 0.3) is 0 Å². The number of hydrogen-bond donors (Lipinski definition) is 1. The molecule has 0 saturated heterocycles. The molecule has 0 spiro atoms. The van der Waals surface area contributed by atoms with Gasteiger partial charge in [0.25, 0.3) is 15.9 Å². The van der Waals surface area contributed by atoms with Crippen molar-refractivity contribution in [2.75, 3.05) is 46.3 Å². The van der Waals surface area contributed by atoms with Gasteiger partial charge in [-0.2, -0.15) is 4.31 Å². The number of methoxy groups -OCH3 is 3. The molecule has 3 aromatic carbocycles. The van der Waals surface area contributed by atoms with Gasteiger partial charge in [0.1, 0.15) is 22.1 Å². The van der Waals surface area contributed by atoms with Crippen LogP contribution < -0.4 is 18.5 Å². The zero-order valence-corrected chi connectivity index (χ0v) is 26.3. The predicted octanol–water partition coefficient (Wildman–Crippen LogP) is 4.10. The first-order valence-electron chi connectivity index (χ1n) is 13.3. The summed E-state index contributed by atoms with van der Waals surface area (Å²) < 4.78 is 46.0. The zero-order valence-electron chi connectivity index (χ0n) is 24.7. The highest BCUT2D eigenvalue weighted by Gasteiger charge is 2.62. The molecule has 43 heavy (non-hydrogen) atoms. The van der Waals surface area contributed by atoms with E-state index in [1.807, 2.05) is 0 Å². The molecule has 1 aliphatic rings. The normalized spacial score (nSPS) is 16.8. The molecule has 1 heterocycles. The number of ether oxygens (including phenoxy) is 3. The molecule has 13 heteroatoms. The molecule has 0 saturated carbocycles. The Labute approximate surface area is 256 Å². The van der Waals surface area contributed by atoms with Crippen molar-refractivity contribution in [1.29, 1.82) is 0 Å². The second kappa shape index (κ2) is 12.3. The number of benzene rings is 3. The van der Waals surface area contributed by atoms with E-state index in [4.69, 9.17) is 25.8 Å². The minimum Gasteiger partial charge on any atom is -0.497 e. The summed E-state index contributed by atoms with van der Waals surface area (Å²) in [5.41, 5.74) is -1.86. The van der Waals surface area contributed by atoms with Crippen molar-refractivity contribution in [3.8, 4) is 17.2 Å². The highest BCUT2D eigenvalue weighted by Crippen LogP contribution is 2.53. The molecule has 3 aromatic rings. The monoisotopic (exact) mass is 631 g/mol. The van der Waals surface area contributed by atoms with E-state index < -0.39 is 33.6 Å². The van der Waals surface area contributed by atoms with Gasteiger partial charge in [0.2, 0.25) is 0 Å². The summed E-state index contributed by atoms with van der Waals surface area (Å²) in [6.07, 6.45) is -0.806. The van der Waals surface area contributed by atoms with Gasteiger partial charge in [-0.3, -0.25) is 9.69 Å². The third-order valence-electron chi connectivity index (χ3n) is 7.33. The van der Waals surface area contributed by atoms with Crippen LogP contribution in [0.3, 0.4) is 0 Å². The van der Waals surface area contributed by atoms with Crippen molar-refractivity contribution >= 4 is 39.2 Å². The SMILES string of the molecule is CC[C@@H](O)CN(C(=O)N(C)C)[C@]1(c2ccccc2OC)C(=O)N(S(=O)(=O)c2ccc(OC)cc2OC)c2ccc(Cl)cc21. The summed E-state index contributed by atoms with van der Waals surface area (Å²) in [7, 11) is 2.44. The predicted molar refractivity (Wildman–Crippen MR) is 162 cm³/mol. The van der Waals surface area contributed by atoms with Crippen LogP contribution in [0.2, 0.25) is 5.02 Å². The second-order valence-electron chi connectivity index (χ2n) is 10.0. The maximum Gasteiger partial charge on any atom is 0.321 e. The average Bonchev–Trinajstić information content (AvgIpc) is 3.26. The molecule has 3 amide bonds. The quantitative estimate of drug-likeness (QED) is 0.355. The van der Waals surface area contributed by atoms with Gasteiger partial charge >= 0.3 is 6.03 Å². The topological polar surface area (TPSA) is 126 Å². The smallest absolute Gasteiger partial charge is 0.321 e. The lowest BCUT2D eigenvalue weighted by atomic mass is 9.81. The Balaban J connectivity index is 2.15. The molecular formula is C30H34ClN3O8S. The molecule has 0 unspecified atom stereocenters. The van der Waals surface area contributed by atoms with Gasteiger partial charge in [0.15, 0.2) is 5.54 Å². The van der Waals surface area contributed by atoms with Crippen LogP contribution in [-0.2, 0) is 20.4 Å². The van der Waals surface area contributed by atoms with Crippen molar-refractivity contribution in [2.24, 2.45) is 0 Å². The van der Waals surface area contributed by atoms with E-state index in [0.717, 1.165) is 0 Å². The van der Waals surface area contributed by atoms with E-state index in [-0.39, 0.29) is 51.2 Å². The Bertz CT molecular complexity index is 1650. The van der Waals surface area contributed by atoms with E-state index in [1.54, 1.807) is 31.2 Å². The van der Waals surface area contributed by atoms with E-state index in [1.165, 1.54) is 81.6 Å². The molecule has 0 bridgehead atoms. The van der Waals surface area contributed by atoms with Crippen LogP contribution in [0.5, 0.6) is 17.2 Å². The molecule has 0 radical (unpaired) electrons. The molecule has 1 N–H and O–H groups in total. The number of fused-ring (bicyclic) bond motifs is 1. The van der Waals surface area contributed by atoms with E-state index in [2.05, 4.69) is 0 Å². The number of para-hydroxylation sites is 1. The maximum absolute atomic E-state index is 15.1. The van der Waals surface area contributed by atoms with Crippen LogP contribution in [-0.4, -0.2) is 83.3 Å². The van der Waals surface area contributed by atoms with Gasteiger partial charge in [-0.1, -0.05) is 36.7 Å². The standard InChI is InChI=1S/C30H34ClN3O8S/c1-7-20(35)18-33(29(37)32(2)3)30(22-10-8-9-11-25(22)41-5)23-16-19(31)12-14-24(23)34(28(30)36)43(38,39)27-15-13-21(40-4)17-26(27)42-6/h8-17,20,35H,7,18H2,1-6H3/t20-,30+/m1/s1. The van der Waals surface area contributed by atoms with E-state index >= 15 is 4.79 Å². The number of aliphatic hydroxyl groups is 1. The minimum atomic E-state index is -4.69. The second-order valence-corrected chi connectivity index (χ2v) is 12.2. The van der Waals surface area contributed by atoms with Crippen LogP contribution >= 0.6 is 11.6 Å². The van der Waals surface area contributed by atoms with Gasteiger partial charge in [-0.25, -0.2) is 13.2 Å². The van der Waals surface area contributed by atoms with Crippen molar-refractivity contribution < 1.29 is 37.3 Å². The fraction of sp³-hybridized carbons (Fsp3) is 0.333. The van der Waals surface area contributed by atoms with Crippen LogP contribution in [0.4, 0.5) is 10.5 Å². The molecule has 0 aliphatic carbocycles. The number of carbonyl (C=O) groups excluding carboxylic acids is 2. The molecule has 11 nitrogen and oxygen atoms in total. The first kappa shape index (κ1) is 31.9. The average molecular weight is 632 g/mol. The third-order valence-corrected chi connectivity index (χ3v) is 9.30. The van der Waals surface area contributed by atoms with Crippen LogP contribution in [0.1, 0.15) is 24.5 Å². The number of anilines is 1. The number of carbonyl (C=O) groups is 2. The first-order chi connectivity index (χ1) is 20.4. The lowest BCUT2D eigenvalue weighted by Crippen LogP contribution is -2.60. The number of rotatable bonds is 10. The van der Waals surface area contributed by atoms with E-state index in [0.29, 0.717) is 10.1 Å². The van der Waals surface area contributed by atoms with Gasteiger partial charge in [-0.15, -0.1) is 0 Å². The molecule has 4 rings (SSSR count). The van der Waals surface area contributed by atoms with Crippen molar-refractivity contribution in [3.05, 3.63) is 76.8 Å². The maximum atomic E-state index is 15.1. The lowest BCUT2D eigenvalue weighted by Gasteiger charge is -2.43. The Kier molecular flexibility index (Phi) is 9.14. The van der Waals surface area contributed by atoms with Crippen molar-refractivity contribution in [1.82, 2.24) is 9.80 Å². The van der Waals surface area contributed by atoms with Crippen molar-refractivity contribution in [3.63, 3.8) is 0 Å². The fourth-order valence-corrected chi connectivity index (χ4v) is 7.00. The van der Waals surface area contributed by atoms with Gasteiger partial charge in [0, 0.05) is 36.3 Å². The summed E-state index contributed by atoms with van der Waals surface area (Å²) >= 11 is 6.49. The number of aliphatic hydroxyl groups excluding tert-OH is 1. The fourth-order valence-electron chi connectivity index (χ4n) is 5.22. The number of sulfonamides is 1. The van der Waals surface area contributed by atoms with Crippen LogP contribution in [0.15, 0.2) is 65.6 Å². The number of halogens is 1. The largest absolute Gasteiger partial charge is 0.497 e. The Morgan fingerprint density at radius 2 is 1.65 bits per heavy atom. The highest BCUT2D eigenvalue weighted by molar-refractivity contribution is 7.93. The Hall–Kier alpha value is -4.00. The Morgan fingerprint density at radius 3 is 2.26 bits per heavy atom. The zero-order chi connectivity index (χ0) is 31.7. The number of nitrogens with zero attached hydrogens (tertiary/aromatic N) is 3. The van der Waals surface area contributed by atoms with E-state index in [9.17, 15) is 18.3 Å². The minimum absolute atomic E-state index is 0.0271. The molecule has 1 aliphatic heterocycles. The number of urea groups is 1. The van der Waals surface area contributed by atoms with Crippen molar-refractivity contribution in [2.45, 2.75) is 29.9 Å². The summed E-state index contributed by atoms with van der Waals surface area (Å²) in [5, 5.41) is 11.1. The van der Waals surface area contributed by atoms with Gasteiger partial charge in [-0.05, 0) is 42.8 Å². The Morgan fingerprint density at radius 1 is 0.977 bits per heavy atom. The summed E-state index contributed by atoms with van der Waals surface area (Å²) in [6, 6.07) is 14.3. The molecule has 0 aromatic heterocycles. The third kappa shape index (κ3) is 5.23. The molecule has 2 atom stereocenters.